The van der Waals surface area contributed by atoms with Gasteiger partial charge >= 0.3 is 5.97 Å². The van der Waals surface area contributed by atoms with Gasteiger partial charge in [0.15, 0.2) is 0 Å². The van der Waals surface area contributed by atoms with Crippen LogP contribution in [0.1, 0.15) is 22.3 Å². The number of hydrogen-bond donors (Lipinski definition) is 2. The summed E-state index contributed by atoms with van der Waals surface area (Å²) in [7, 11) is -2.35. The zero-order valence-corrected chi connectivity index (χ0v) is 12.3. The van der Waals surface area contributed by atoms with Crippen molar-refractivity contribution in [3.8, 4) is 0 Å². The van der Waals surface area contributed by atoms with Crippen molar-refractivity contribution in [3.05, 3.63) is 29.3 Å². The predicted octanol–water partition coefficient (Wildman–Crippen LogP) is 0.422. The van der Waals surface area contributed by atoms with E-state index in [1.54, 1.807) is 13.0 Å². The zero-order chi connectivity index (χ0) is 14.8. The van der Waals surface area contributed by atoms with Gasteiger partial charge < -0.3 is 10.1 Å². The van der Waals surface area contributed by atoms with Crippen LogP contribution in [-0.4, -0.2) is 40.6 Å². The minimum atomic E-state index is -3.62. The van der Waals surface area contributed by atoms with Crippen molar-refractivity contribution in [2.24, 2.45) is 0 Å². The number of hydrogen-bond acceptors (Lipinski definition) is 5. The SMILES string of the molecule is COC(=O)c1cc(S(=O)(=O)NC2CCNC2)ccc1C. The van der Waals surface area contributed by atoms with E-state index < -0.39 is 16.0 Å². The van der Waals surface area contributed by atoms with E-state index in [0.717, 1.165) is 13.0 Å². The van der Waals surface area contributed by atoms with Gasteiger partial charge in [0.25, 0.3) is 0 Å². The molecular weight excluding hydrogens is 280 g/mol. The molecule has 0 aliphatic carbocycles. The van der Waals surface area contributed by atoms with Crippen LogP contribution >= 0.6 is 0 Å². The number of methoxy groups -OCH3 is 1. The van der Waals surface area contributed by atoms with Gasteiger partial charge in [-0.05, 0) is 37.6 Å². The molecule has 0 bridgehead atoms. The van der Waals surface area contributed by atoms with Crippen molar-refractivity contribution in [1.82, 2.24) is 10.0 Å². The number of benzene rings is 1. The Labute approximate surface area is 118 Å². The van der Waals surface area contributed by atoms with E-state index in [-0.39, 0.29) is 16.5 Å². The molecule has 1 aliphatic rings. The van der Waals surface area contributed by atoms with E-state index in [1.165, 1.54) is 19.2 Å². The van der Waals surface area contributed by atoms with Gasteiger partial charge in [0.2, 0.25) is 10.0 Å². The average molecular weight is 298 g/mol. The van der Waals surface area contributed by atoms with Gasteiger partial charge in [-0.2, -0.15) is 0 Å². The summed E-state index contributed by atoms with van der Waals surface area (Å²) in [5.41, 5.74) is 0.943. The monoisotopic (exact) mass is 298 g/mol. The highest BCUT2D eigenvalue weighted by Crippen LogP contribution is 2.17. The first kappa shape index (κ1) is 15.0. The van der Waals surface area contributed by atoms with Gasteiger partial charge in [0.05, 0.1) is 17.6 Å². The molecule has 1 aliphatic heterocycles. The Bertz CT molecular complexity index is 607. The van der Waals surface area contributed by atoms with Crippen LogP contribution in [-0.2, 0) is 14.8 Å². The van der Waals surface area contributed by atoms with Crippen LogP contribution in [0.15, 0.2) is 23.1 Å². The van der Waals surface area contributed by atoms with Gasteiger partial charge in [-0.1, -0.05) is 6.07 Å². The maximum atomic E-state index is 12.3. The second kappa shape index (κ2) is 5.90. The van der Waals surface area contributed by atoms with Crippen LogP contribution in [0.25, 0.3) is 0 Å². The number of carbonyl (C=O) groups excluding carboxylic acids is 1. The first-order valence-corrected chi connectivity index (χ1v) is 7.84. The van der Waals surface area contributed by atoms with Crippen LogP contribution < -0.4 is 10.0 Å². The predicted molar refractivity (Wildman–Crippen MR) is 74.1 cm³/mol. The summed E-state index contributed by atoms with van der Waals surface area (Å²) in [4.78, 5) is 11.7. The van der Waals surface area contributed by atoms with E-state index in [0.29, 0.717) is 12.1 Å². The molecule has 1 fully saturated rings. The molecule has 1 atom stereocenters. The third kappa shape index (κ3) is 3.17. The summed E-state index contributed by atoms with van der Waals surface area (Å²) in [5, 5.41) is 3.09. The fraction of sp³-hybridized carbons (Fsp3) is 0.462. The molecule has 20 heavy (non-hydrogen) atoms. The van der Waals surface area contributed by atoms with Crippen molar-refractivity contribution >= 4 is 16.0 Å². The highest BCUT2D eigenvalue weighted by Gasteiger charge is 2.24. The van der Waals surface area contributed by atoms with Crippen molar-refractivity contribution in [2.45, 2.75) is 24.3 Å². The molecule has 110 valence electrons. The molecule has 2 rings (SSSR count). The number of nitrogens with one attached hydrogen (secondary N) is 2. The molecule has 0 aromatic heterocycles. The van der Waals surface area contributed by atoms with Crippen LogP contribution in [0, 0.1) is 6.92 Å². The van der Waals surface area contributed by atoms with Crippen LogP contribution in [0.2, 0.25) is 0 Å². The molecule has 1 unspecified atom stereocenters. The smallest absolute Gasteiger partial charge is 0.338 e. The number of esters is 1. The van der Waals surface area contributed by atoms with Gasteiger partial charge in [0.1, 0.15) is 0 Å². The number of aryl methyl sites for hydroxylation is 1. The quantitative estimate of drug-likeness (QED) is 0.787. The molecule has 1 saturated heterocycles. The Morgan fingerprint density at radius 3 is 2.80 bits per heavy atom. The summed E-state index contributed by atoms with van der Waals surface area (Å²) in [6.07, 6.45) is 0.759. The fourth-order valence-corrected chi connectivity index (χ4v) is 3.44. The molecule has 0 radical (unpaired) electrons. The highest BCUT2D eigenvalue weighted by molar-refractivity contribution is 7.89. The van der Waals surface area contributed by atoms with Crippen molar-refractivity contribution in [2.75, 3.05) is 20.2 Å². The second-order valence-electron chi connectivity index (χ2n) is 4.78. The third-order valence-electron chi connectivity index (χ3n) is 3.31. The molecule has 1 aromatic carbocycles. The second-order valence-corrected chi connectivity index (χ2v) is 6.49. The first-order chi connectivity index (χ1) is 9.44. The van der Waals surface area contributed by atoms with Crippen molar-refractivity contribution < 1.29 is 17.9 Å². The van der Waals surface area contributed by atoms with E-state index in [4.69, 9.17) is 0 Å². The Hall–Kier alpha value is -1.44. The van der Waals surface area contributed by atoms with Crippen LogP contribution in [0.4, 0.5) is 0 Å². The van der Waals surface area contributed by atoms with E-state index in [2.05, 4.69) is 14.8 Å². The maximum Gasteiger partial charge on any atom is 0.338 e. The molecule has 0 spiro atoms. The zero-order valence-electron chi connectivity index (χ0n) is 11.5. The first-order valence-electron chi connectivity index (χ1n) is 6.36. The lowest BCUT2D eigenvalue weighted by Crippen LogP contribution is -2.36. The number of ether oxygens (including phenoxy) is 1. The van der Waals surface area contributed by atoms with Gasteiger partial charge in [-0.3, -0.25) is 0 Å². The molecule has 2 N–H and O–H groups in total. The maximum absolute atomic E-state index is 12.3. The summed E-state index contributed by atoms with van der Waals surface area (Å²) in [6.45, 7) is 3.15. The molecule has 7 heteroatoms. The lowest BCUT2D eigenvalue weighted by atomic mass is 10.1. The largest absolute Gasteiger partial charge is 0.465 e. The summed E-state index contributed by atoms with van der Waals surface area (Å²) >= 11 is 0. The number of carbonyl (C=O) groups is 1. The topological polar surface area (TPSA) is 84.5 Å². The lowest BCUT2D eigenvalue weighted by Gasteiger charge is -2.13. The molecular formula is C13H18N2O4S. The highest BCUT2D eigenvalue weighted by atomic mass is 32.2. The fourth-order valence-electron chi connectivity index (χ4n) is 2.14. The van der Waals surface area contributed by atoms with Crippen LogP contribution in [0.3, 0.4) is 0 Å². The lowest BCUT2D eigenvalue weighted by molar-refractivity contribution is 0.0599. The average Bonchev–Trinajstić information content (AvgIpc) is 2.90. The minimum absolute atomic E-state index is 0.0791. The van der Waals surface area contributed by atoms with Crippen LogP contribution in [0.5, 0.6) is 0 Å². The standard InChI is InChI=1S/C13H18N2O4S/c1-9-3-4-11(7-12(9)13(16)19-2)20(17,18)15-10-5-6-14-8-10/h3-4,7,10,14-15H,5-6,8H2,1-2H3. The third-order valence-corrected chi connectivity index (χ3v) is 4.82. The van der Waals surface area contributed by atoms with E-state index in [1.807, 2.05) is 0 Å². The van der Waals surface area contributed by atoms with Crippen molar-refractivity contribution in [3.63, 3.8) is 0 Å². The molecule has 1 heterocycles. The van der Waals surface area contributed by atoms with Crippen molar-refractivity contribution in [1.29, 1.82) is 0 Å². The summed E-state index contributed by atoms with van der Waals surface area (Å²) in [5.74, 6) is -0.540. The summed E-state index contributed by atoms with van der Waals surface area (Å²) in [6, 6.07) is 4.34. The van der Waals surface area contributed by atoms with E-state index in [9.17, 15) is 13.2 Å². The number of sulfonamides is 1. The number of rotatable bonds is 4. The van der Waals surface area contributed by atoms with Gasteiger partial charge in [0, 0.05) is 12.6 Å². The molecule has 0 saturated carbocycles. The Kier molecular flexibility index (Phi) is 4.42. The summed E-state index contributed by atoms with van der Waals surface area (Å²) < 4.78 is 31.8. The normalized spacial score (nSPS) is 19.0. The van der Waals surface area contributed by atoms with Gasteiger partial charge in [-0.25, -0.2) is 17.9 Å². The minimum Gasteiger partial charge on any atom is -0.465 e. The Morgan fingerprint density at radius 1 is 1.45 bits per heavy atom. The van der Waals surface area contributed by atoms with E-state index >= 15 is 0 Å². The molecule has 6 nitrogen and oxygen atoms in total. The Balaban J connectivity index is 2.29. The van der Waals surface area contributed by atoms with Gasteiger partial charge in [-0.15, -0.1) is 0 Å². The molecule has 0 amide bonds. The molecule has 1 aromatic rings. The Morgan fingerprint density at radius 2 is 2.20 bits per heavy atom.